The molecule has 0 bridgehead atoms. The Hall–Kier alpha value is -1.99. The van der Waals surface area contributed by atoms with Crippen LogP contribution in [0.1, 0.15) is 32.6 Å². The first kappa shape index (κ1) is 14.4. The van der Waals surface area contributed by atoms with E-state index in [1.165, 1.54) is 0 Å². The third-order valence-electron chi connectivity index (χ3n) is 3.54. The minimum atomic E-state index is -0.931. The van der Waals surface area contributed by atoms with Gasteiger partial charge in [0.05, 0.1) is 5.56 Å². The molecular weight excluding hydrogens is 271 g/mol. The Bertz CT molecular complexity index is 663. The monoisotopic (exact) mass is 287 g/mol. The van der Waals surface area contributed by atoms with Crippen molar-refractivity contribution in [1.29, 1.82) is 0 Å². The van der Waals surface area contributed by atoms with Crippen molar-refractivity contribution < 1.29 is 13.9 Å². The van der Waals surface area contributed by atoms with E-state index in [0.29, 0.717) is 16.9 Å². The second-order valence-corrected chi connectivity index (χ2v) is 5.07. The molecule has 1 unspecified atom stereocenters. The molecule has 0 amide bonds. The van der Waals surface area contributed by atoms with Gasteiger partial charge in [-0.25, -0.2) is 0 Å². The molecule has 2 aromatic rings. The minimum absolute atomic E-state index is 0.112. The van der Waals surface area contributed by atoms with E-state index >= 15 is 0 Å². The average Bonchev–Trinajstić information content (AvgIpc) is 2.46. The zero-order valence-corrected chi connectivity index (χ0v) is 12.7. The van der Waals surface area contributed by atoms with Crippen LogP contribution in [0.15, 0.2) is 36.4 Å². The summed E-state index contributed by atoms with van der Waals surface area (Å²) in [7, 11) is -0.931. The number of rotatable bonds is 4. The Labute approximate surface area is 119 Å². The van der Waals surface area contributed by atoms with Gasteiger partial charge in [0, 0.05) is 5.56 Å². The molecule has 20 heavy (non-hydrogen) atoms. The van der Waals surface area contributed by atoms with Crippen molar-refractivity contribution in [1.82, 2.24) is 0 Å². The van der Waals surface area contributed by atoms with Crippen molar-refractivity contribution in [2.24, 2.45) is 0 Å². The first-order valence-electron chi connectivity index (χ1n) is 6.30. The number of benzene rings is 2. The predicted molar refractivity (Wildman–Crippen MR) is 80.2 cm³/mol. The van der Waals surface area contributed by atoms with Crippen molar-refractivity contribution in [2.75, 3.05) is 0 Å². The Kier molecular flexibility index (Phi) is 4.31. The number of carbonyl (C=O) groups excluding carboxylic acids is 1. The van der Waals surface area contributed by atoms with Crippen LogP contribution in [0.5, 0.6) is 5.75 Å². The highest BCUT2D eigenvalue weighted by Gasteiger charge is 2.22. The fourth-order valence-corrected chi connectivity index (χ4v) is 2.44. The van der Waals surface area contributed by atoms with Gasteiger partial charge in [0.25, 0.3) is 0 Å². The van der Waals surface area contributed by atoms with Gasteiger partial charge in [0.1, 0.15) is 0 Å². The van der Waals surface area contributed by atoms with Gasteiger partial charge in [-0.1, -0.05) is 30.3 Å². The van der Waals surface area contributed by atoms with Crippen molar-refractivity contribution in [3.8, 4) is 5.75 Å². The molecular formula is C16H16O3P+. The summed E-state index contributed by atoms with van der Waals surface area (Å²) in [5.41, 5.74) is 4.01. The zero-order chi connectivity index (χ0) is 14.7. The number of carbonyl (C=O) groups is 1. The third-order valence-corrected chi connectivity index (χ3v) is 3.84. The lowest BCUT2D eigenvalue weighted by atomic mass is 9.92. The molecule has 0 aliphatic carbocycles. The molecule has 0 N–H and O–H groups in total. The lowest BCUT2D eigenvalue weighted by Crippen LogP contribution is -2.07. The first-order valence-corrected chi connectivity index (χ1v) is 7.12. The lowest BCUT2D eigenvalue weighted by Gasteiger charge is -2.12. The summed E-state index contributed by atoms with van der Waals surface area (Å²) in [4.78, 5) is 12.6. The van der Waals surface area contributed by atoms with E-state index in [2.05, 4.69) is 0 Å². The highest BCUT2D eigenvalue weighted by molar-refractivity contribution is 7.17. The molecule has 0 radical (unpaired) electrons. The van der Waals surface area contributed by atoms with E-state index in [4.69, 9.17) is 4.52 Å². The van der Waals surface area contributed by atoms with Gasteiger partial charge < -0.3 is 0 Å². The Morgan fingerprint density at radius 2 is 1.70 bits per heavy atom. The second kappa shape index (κ2) is 5.98. The summed E-state index contributed by atoms with van der Waals surface area (Å²) in [6, 6.07) is 10.8. The number of hydrogen-bond acceptors (Lipinski definition) is 3. The van der Waals surface area contributed by atoms with Crippen LogP contribution in [-0.2, 0) is 4.57 Å². The van der Waals surface area contributed by atoms with E-state index in [1.807, 2.05) is 39.0 Å². The Balaban J connectivity index is 2.63. The molecule has 2 aromatic carbocycles. The Morgan fingerprint density at radius 1 is 1.05 bits per heavy atom. The lowest BCUT2D eigenvalue weighted by molar-refractivity contribution is 0.103. The first-order chi connectivity index (χ1) is 9.56. The van der Waals surface area contributed by atoms with Gasteiger partial charge in [-0.3, -0.25) is 9.32 Å². The van der Waals surface area contributed by atoms with Gasteiger partial charge >= 0.3 is 8.69 Å². The van der Waals surface area contributed by atoms with Crippen LogP contribution >= 0.6 is 8.69 Å². The third kappa shape index (κ3) is 2.63. The molecule has 0 fully saturated rings. The van der Waals surface area contributed by atoms with Crippen LogP contribution in [0.25, 0.3) is 0 Å². The van der Waals surface area contributed by atoms with Crippen LogP contribution in [0.2, 0.25) is 0 Å². The molecule has 0 heterocycles. The molecule has 2 rings (SSSR count). The van der Waals surface area contributed by atoms with Gasteiger partial charge in [-0.05, 0) is 48.1 Å². The standard InChI is InChI=1S/C16H16O3P/c1-10-9-14(19-20-18)15(12(3)11(10)2)16(17)13-7-5-4-6-8-13/h4-9,20H,1-3H3/q+1. The van der Waals surface area contributed by atoms with Crippen LogP contribution in [0, 0.1) is 20.8 Å². The maximum absolute atomic E-state index is 12.6. The molecule has 0 aliphatic rings. The molecule has 0 saturated heterocycles. The van der Waals surface area contributed by atoms with Crippen molar-refractivity contribution in [3.63, 3.8) is 0 Å². The molecule has 0 aromatic heterocycles. The van der Waals surface area contributed by atoms with Crippen LogP contribution in [0.4, 0.5) is 0 Å². The van der Waals surface area contributed by atoms with Gasteiger partial charge in [-0.2, -0.15) is 0 Å². The fourth-order valence-electron chi connectivity index (χ4n) is 2.19. The quantitative estimate of drug-likeness (QED) is 0.626. The maximum atomic E-state index is 12.6. The molecule has 0 spiro atoms. The largest absolute Gasteiger partial charge is 0.542 e. The normalized spacial score (nSPS) is 10.6. The molecule has 1 atom stereocenters. The highest BCUT2D eigenvalue weighted by Crippen LogP contribution is 2.31. The predicted octanol–water partition coefficient (Wildman–Crippen LogP) is 4.16. The van der Waals surface area contributed by atoms with Crippen molar-refractivity contribution in [2.45, 2.75) is 20.8 Å². The Morgan fingerprint density at radius 3 is 2.30 bits per heavy atom. The zero-order valence-electron chi connectivity index (χ0n) is 11.7. The maximum Gasteiger partial charge on any atom is 0.542 e. The highest BCUT2D eigenvalue weighted by atomic mass is 31.1. The van der Waals surface area contributed by atoms with E-state index in [0.717, 1.165) is 16.7 Å². The van der Waals surface area contributed by atoms with Gasteiger partial charge in [0.2, 0.25) is 0 Å². The van der Waals surface area contributed by atoms with E-state index in [1.54, 1.807) is 18.2 Å². The molecule has 0 saturated carbocycles. The van der Waals surface area contributed by atoms with E-state index < -0.39 is 8.69 Å². The number of hydrogen-bond donors (Lipinski definition) is 0. The SMILES string of the molecule is Cc1cc(O[PH+]=O)c(C(=O)c2ccccc2)c(C)c1C. The van der Waals surface area contributed by atoms with Crippen LogP contribution in [0.3, 0.4) is 0 Å². The molecule has 4 heteroatoms. The average molecular weight is 287 g/mol. The minimum Gasteiger partial charge on any atom is -0.288 e. The van der Waals surface area contributed by atoms with Crippen LogP contribution in [-0.4, -0.2) is 5.78 Å². The molecule has 0 aliphatic heterocycles. The van der Waals surface area contributed by atoms with Crippen molar-refractivity contribution >= 4 is 14.5 Å². The second-order valence-electron chi connectivity index (χ2n) is 4.70. The fraction of sp³-hybridized carbons (Fsp3) is 0.188. The summed E-state index contributed by atoms with van der Waals surface area (Å²) < 4.78 is 16.0. The summed E-state index contributed by atoms with van der Waals surface area (Å²) in [5.74, 6) is 0.271. The number of ketones is 1. The summed E-state index contributed by atoms with van der Waals surface area (Å²) in [6.07, 6.45) is 0. The van der Waals surface area contributed by atoms with E-state index in [9.17, 15) is 9.36 Å². The molecule has 3 nitrogen and oxygen atoms in total. The van der Waals surface area contributed by atoms with Crippen molar-refractivity contribution in [3.05, 3.63) is 64.2 Å². The summed E-state index contributed by atoms with van der Waals surface area (Å²) >= 11 is 0. The number of aryl methyl sites for hydroxylation is 1. The molecule has 102 valence electrons. The van der Waals surface area contributed by atoms with E-state index in [-0.39, 0.29) is 5.78 Å². The topological polar surface area (TPSA) is 43.4 Å². The van der Waals surface area contributed by atoms with Gasteiger partial charge in [0.15, 0.2) is 11.5 Å². The summed E-state index contributed by atoms with van der Waals surface area (Å²) in [6.45, 7) is 5.80. The van der Waals surface area contributed by atoms with Crippen LogP contribution < -0.4 is 4.52 Å². The van der Waals surface area contributed by atoms with Gasteiger partial charge in [-0.15, -0.1) is 0 Å². The smallest absolute Gasteiger partial charge is 0.288 e. The summed E-state index contributed by atoms with van der Waals surface area (Å²) in [5, 5.41) is 0.